The Morgan fingerprint density at radius 3 is 2.81 bits per heavy atom. The quantitative estimate of drug-likeness (QED) is 0.748. The smallest absolute Gasteiger partial charge is 0.231 e. The van der Waals surface area contributed by atoms with Gasteiger partial charge in [-0.2, -0.15) is 0 Å². The predicted octanol–water partition coefficient (Wildman–Crippen LogP) is 3.71. The molecule has 1 aliphatic heterocycles. The van der Waals surface area contributed by atoms with Gasteiger partial charge >= 0.3 is 0 Å². The first-order valence-corrected chi connectivity index (χ1v) is 9.17. The molecule has 2 aromatic carbocycles. The molecule has 1 amide bonds. The minimum absolute atomic E-state index is 0.0194. The van der Waals surface area contributed by atoms with Crippen molar-refractivity contribution in [2.75, 3.05) is 6.79 Å². The molecule has 3 aromatic rings. The number of carbonyl (C=O) groups excluding carboxylic acids is 1. The molecular weight excluding hydrogens is 348 g/mol. The van der Waals surface area contributed by atoms with E-state index in [0.717, 1.165) is 38.2 Å². The Bertz CT molecular complexity index is 937. The van der Waals surface area contributed by atoms with Gasteiger partial charge in [0.25, 0.3) is 0 Å². The topological polar surface area (TPSA) is 60.5 Å². The van der Waals surface area contributed by atoms with Gasteiger partial charge in [0.2, 0.25) is 12.7 Å². The highest BCUT2D eigenvalue weighted by atomic mass is 32.1. The second-order valence-corrected chi connectivity index (χ2v) is 7.12. The number of rotatable bonds is 5. The normalized spacial score (nSPS) is 12.2. The molecule has 26 heavy (non-hydrogen) atoms. The fraction of sp³-hybridized carbons (Fsp3) is 0.200. The van der Waals surface area contributed by atoms with E-state index in [1.54, 1.807) is 11.3 Å². The molecule has 1 aliphatic rings. The molecule has 6 heteroatoms. The summed E-state index contributed by atoms with van der Waals surface area (Å²) < 4.78 is 10.7. The van der Waals surface area contributed by atoms with Gasteiger partial charge in [0.1, 0.15) is 5.01 Å². The van der Waals surface area contributed by atoms with Gasteiger partial charge in [0, 0.05) is 17.0 Å². The second kappa shape index (κ2) is 7.17. The van der Waals surface area contributed by atoms with Crippen LogP contribution in [0.4, 0.5) is 0 Å². The van der Waals surface area contributed by atoms with E-state index in [1.165, 1.54) is 0 Å². The highest BCUT2D eigenvalue weighted by Crippen LogP contribution is 2.32. The van der Waals surface area contributed by atoms with Crippen LogP contribution in [0.25, 0.3) is 10.6 Å². The van der Waals surface area contributed by atoms with Gasteiger partial charge in [0.15, 0.2) is 11.5 Å². The number of carbonyl (C=O) groups is 1. The predicted molar refractivity (Wildman–Crippen MR) is 100 cm³/mol. The summed E-state index contributed by atoms with van der Waals surface area (Å²) in [6.07, 6.45) is 0.334. The Hall–Kier alpha value is -2.86. The first-order chi connectivity index (χ1) is 12.7. The van der Waals surface area contributed by atoms with E-state index >= 15 is 0 Å². The van der Waals surface area contributed by atoms with Crippen molar-refractivity contribution in [1.82, 2.24) is 10.3 Å². The summed E-state index contributed by atoms with van der Waals surface area (Å²) in [6.45, 7) is 2.65. The van der Waals surface area contributed by atoms with E-state index < -0.39 is 0 Å². The van der Waals surface area contributed by atoms with E-state index in [2.05, 4.69) is 10.3 Å². The minimum atomic E-state index is -0.0194. The van der Waals surface area contributed by atoms with Crippen LogP contribution in [0.15, 0.2) is 48.5 Å². The van der Waals surface area contributed by atoms with E-state index in [9.17, 15) is 4.79 Å². The number of fused-ring (bicyclic) bond motifs is 1. The first-order valence-electron chi connectivity index (χ1n) is 8.36. The molecule has 0 fully saturated rings. The molecule has 5 nitrogen and oxygen atoms in total. The van der Waals surface area contributed by atoms with Gasteiger partial charge in [-0.3, -0.25) is 4.79 Å². The van der Waals surface area contributed by atoms with Crippen molar-refractivity contribution < 1.29 is 14.3 Å². The lowest BCUT2D eigenvalue weighted by molar-refractivity contribution is -0.120. The Morgan fingerprint density at radius 1 is 1.15 bits per heavy atom. The lowest BCUT2D eigenvalue weighted by atomic mass is 10.2. The summed E-state index contributed by atoms with van der Waals surface area (Å²) in [6, 6.07) is 15.7. The SMILES string of the molecule is Cc1nc(-c2ccccc2)sc1CC(=O)NCc1ccc2c(c1)OCO2. The monoisotopic (exact) mass is 366 g/mol. The number of aryl methyl sites for hydroxylation is 1. The zero-order valence-electron chi connectivity index (χ0n) is 14.3. The molecular formula is C20H18N2O3S. The Balaban J connectivity index is 1.38. The number of hydrogen-bond acceptors (Lipinski definition) is 5. The average Bonchev–Trinajstić information content (AvgIpc) is 3.27. The van der Waals surface area contributed by atoms with E-state index in [4.69, 9.17) is 9.47 Å². The van der Waals surface area contributed by atoms with Gasteiger partial charge in [-0.25, -0.2) is 4.98 Å². The molecule has 1 N–H and O–H groups in total. The van der Waals surface area contributed by atoms with Crippen LogP contribution in [0.3, 0.4) is 0 Å². The van der Waals surface area contributed by atoms with Gasteiger partial charge in [-0.05, 0) is 24.6 Å². The summed E-state index contributed by atoms with van der Waals surface area (Å²) in [5, 5.41) is 3.90. The number of nitrogens with zero attached hydrogens (tertiary/aromatic N) is 1. The van der Waals surface area contributed by atoms with Crippen LogP contribution in [0.1, 0.15) is 16.1 Å². The molecule has 1 aromatic heterocycles. The van der Waals surface area contributed by atoms with Crippen LogP contribution >= 0.6 is 11.3 Å². The standard InChI is InChI=1S/C20H18N2O3S/c1-13-18(26-20(22-13)15-5-3-2-4-6-15)10-19(23)21-11-14-7-8-16-17(9-14)25-12-24-16/h2-9H,10-12H2,1H3,(H,21,23). The molecule has 0 unspecified atom stereocenters. The van der Waals surface area contributed by atoms with Crippen molar-refractivity contribution in [3.05, 3.63) is 64.7 Å². The largest absolute Gasteiger partial charge is 0.454 e. The van der Waals surface area contributed by atoms with Crippen LogP contribution in [-0.4, -0.2) is 17.7 Å². The first kappa shape index (κ1) is 16.6. The second-order valence-electron chi connectivity index (χ2n) is 6.03. The van der Waals surface area contributed by atoms with Gasteiger partial charge in [0.05, 0.1) is 12.1 Å². The summed E-state index contributed by atoms with van der Waals surface area (Å²) in [5.74, 6) is 1.45. The zero-order chi connectivity index (χ0) is 17.9. The molecule has 4 rings (SSSR count). The maximum atomic E-state index is 12.3. The van der Waals surface area contributed by atoms with E-state index in [0.29, 0.717) is 13.0 Å². The third-order valence-electron chi connectivity index (χ3n) is 4.16. The van der Waals surface area contributed by atoms with Crippen molar-refractivity contribution in [3.8, 4) is 22.1 Å². The molecule has 2 heterocycles. The van der Waals surface area contributed by atoms with Crippen molar-refractivity contribution in [3.63, 3.8) is 0 Å². The average molecular weight is 366 g/mol. The number of amides is 1. The number of aromatic nitrogens is 1. The highest BCUT2D eigenvalue weighted by molar-refractivity contribution is 7.15. The fourth-order valence-electron chi connectivity index (χ4n) is 2.76. The summed E-state index contributed by atoms with van der Waals surface area (Å²) in [4.78, 5) is 17.9. The highest BCUT2D eigenvalue weighted by Gasteiger charge is 2.15. The Morgan fingerprint density at radius 2 is 1.96 bits per heavy atom. The number of hydrogen-bond donors (Lipinski definition) is 1. The Labute approximate surface area is 155 Å². The van der Waals surface area contributed by atoms with Crippen molar-refractivity contribution >= 4 is 17.2 Å². The summed E-state index contributed by atoms with van der Waals surface area (Å²) >= 11 is 1.57. The minimum Gasteiger partial charge on any atom is -0.454 e. The van der Waals surface area contributed by atoms with Crippen molar-refractivity contribution in [1.29, 1.82) is 0 Å². The number of ether oxygens (including phenoxy) is 2. The van der Waals surface area contributed by atoms with E-state index in [1.807, 2.05) is 55.5 Å². The number of nitrogens with one attached hydrogen (secondary N) is 1. The molecule has 0 atom stereocenters. The van der Waals surface area contributed by atoms with Crippen LogP contribution < -0.4 is 14.8 Å². The van der Waals surface area contributed by atoms with Gasteiger partial charge in [-0.1, -0.05) is 36.4 Å². The zero-order valence-corrected chi connectivity index (χ0v) is 15.1. The molecule has 0 bridgehead atoms. The van der Waals surface area contributed by atoms with E-state index in [-0.39, 0.29) is 12.7 Å². The van der Waals surface area contributed by atoms with Crippen LogP contribution in [-0.2, 0) is 17.8 Å². The molecule has 132 valence electrons. The third kappa shape index (κ3) is 3.55. The van der Waals surface area contributed by atoms with Gasteiger partial charge in [-0.15, -0.1) is 11.3 Å². The Kier molecular flexibility index (Phi) is 4.58. The molecule has 0 radical (unpaired) electrons. The molecule has 0 spiro atoms. The third-order valence-corrected chi connectivity index (χ3v) is 5.37. The maximum absolute atomic E-state index is 12.3. The summed E-state index contributed by atoms with van der Waals surface area (Å²) in [7, 11) is 0. The maximum Gasteiger partial charge on any atom is 0.231 e. The van der Waals surface area contributed by atoms with Crippen LogP contribution in [0.5, 0.6) is 11.5 Å². The van der Waals surface area contributed by atoms with Crippen molar-refractivity contribution in [2.24, 2.45) is 0 Å². The van der Waals surface area contributed by atoms with Crippen LogP contribution in [0, 0.1) is 6.92 Å². The molecule has 0 saturated carbocycles. The number of thiazole rings is 1. The molecule has 0 aliphatic carbocycles. The lowest BCUT2D eigenvalue weighted by Crippen LogP contribution is -2.24. The van der Waals surface area contributed by atoms with Gasteiger partial charge < -0.3 is 14.8 Å². The summed E-state index contributed by atoms with van der Waals surface area (Å²) in [5.41, 5.74) is 2.97. The van der Waals surface area contributed by atoms with Crippen LogP contribution in [0.2, 0.25) is 0 Å². The molecule has 0 saturated heterocycles. The van der Waals surface area contributed by atoms with Crippen molar-refractivity contribution in [2.45, 2.75) is 19.9 Å². The fourth-order valence-corrected chi connectivity index (χ4v) is 3.82. The lowest BCUT2D eigenvalue weighted by Gasteiger charge is -2.06. The number of benzene rings is 2.